The van der Waals surface area contributed by atoms with Gasteiger partial charge in [-0.2, -0.15) is 0 Å². The van der Waals surface area contributed by atoms with Crippen molar-refractivity contribution < 1.29 is 22.7 Å². The van der Waals surface area contributed by atoms with E-state index in [1.54, 1.807) is 36.4 Å². The fourth-order valence-corrected chi connectivity index (χ4v) is 4.23. The van der Waals surface area contributed by atoms with Gasteiger partial charge >= 0.3 is 5.97 Å². The van der Waals surface area contributed by atoms with Gasteiger partial charge < -0.3 is 10.5 Å². The molecular formula is C22H19ClN2O5S. The van der Waals surface area contributed by atoms with Gasteiger partial charge in [0.1, 0.15) is 11.5 Å². The van der Waals surface area contributed by atoms with Crippen molar-refractivity contribution in [1.82, 2.24) is 4.72 Å². The third-order valence-corrected chi connectivity index (χ3v) is 6.26. The van der Waals surface area contributed by atoms with E-state index >= 15 is 0 Å². The highest BCUT2D eigenvalue weighted by molar-refractivity contribution is 7.89. The molecule has 0 radical (unpaired) electrons. The molecule has 1 amide bonds. The van der Waals surface area contributed by atoms with Crippen molar-refractivity contribution in [3.8, 4) is 0 Å². The standard InChI is InChI=1S/C22H19ClN2O5S/c23-19-11-10-18(22(27)30-14-16-6-8-17(9-7-16)21(24)26)12-20(19)31(28,29)25-13-15-4-2-1-3-5-15/h1-12,25H,13-14H2,(H2,24,26). The molecule has 0 spiro atoms. The van der Waals surface area contributed by atoms with E-state index in [4.69, 9.17) is 22.1 Å². The SMILES string of the molecule is NC(=O)c1ccc(COC(=O)c2ccc(Cl)c(S(=O)(=O)NCc3ccccc3)c2)cc1. The van der Waals surface area contributed by atoms with Crippen LogP contribution in [0.25, 0.3) is 0 Å². The zero-order valence-corrected chi connectivity index (χ0v) is 17.8. The fraction of sp³-hybridized carbons (Fsp3) is 0.0909. The number of amides is 1. The van der Waals surface area contributed by atoms with Crippen LogP contribution in [0, 0.1) is 0 Å². The minimum absolute atomic E-state index is 0.0147. The van der Waals surface area contributed by atoms with Gasteiger partial charge in [0.05, 0.1) is 10.6 Å². The van der Waals surface area contributed by atoms with E-state index in [0.717, 1.165) is 5.56 Å². The Morgan fingerprint density at radius 3 is 2.19 bits per heavy atom. The van der Waals surface area contributed by atoms with Crippen LogP contribution < -0.4 is 10.5 Å². The lowest BCUT2D eigenvalue weighted by Gasteiger charge is -2.11. The molecule has 0 fully saturated rings. The highest BCUT2D eigenvalue weighted by Gasteiger charge is 2.20. The Bertz CT molecular complexity index is 1200. The van der Waals surface area contributed by atoms with Crippen LogP contribution >= 0.6 is 11.6 Å². The minimum atomic E-state index is -3.96. The molecule has 7 nitrogen and oxygen atoms in total. The van der Waals surface area contributed by atoms with Gasteiger partial charge in [-0.3, -0.25) is 4.79 Å². The second-order valence-electron chi connectivity index (χ2n) is 6.59. The smallest absolute Gasteiger partial charge is 0.338 e. The number of benzene rings is 3. The second kappa shape index (κ2) is 9.74. The molecule has 0 saturated heterocycles. The minimum Gasteiger partial charge on any atom is -0.457 e. The van der Waals surface area contributed by atoms with E-state index in [0.29, 0.717) is 11.1 Å². The number of carbonyl (C=O) groups excluding carboxylic acids is 2. The van der Waals surface area contributed by atoms with Crippen LogP contribution in [-0.4, -0.2) is 20.3 Å². The molecule has 0 bridgehead atoms. The van der Waals surface area contributed by atoms with Crippen LogP contribution in [0.5, 0.6) is 0 Å². The number of nitrogens with one attached hydrogen (secondary N) is 1. The lowest BCUT2D eigenvalue weighted by atomic mass is 10.1. The van der Waals surface area contributed by atoms with Gasteiger partial charge in [0.2, 0.25) is 15.9 Å². The van der Waals surface area contributed by atoms with Crippen molar-refractivity contribution in [2.24, 2.45) is 5.73 Å². The summed E-state index contributed by atoms with van der Waals surface area (Å²) in [5.74, 6) is -1.27. The van der Waals surface area contributed by atoms with Gasteiger partial charge in [-0.15, -0.1) is 0 Å². The molecule has 3 aromatic carbocycles. The molecule has 0 aliphatic carbocycles. The van der Waals surface area contributed by atoms with E-state index in [1.165, 1.54) is 30.3 Å². The lowest BCUT2D eigenvalue weighted by molar-refractivity contribution is 0.0472. The molecule has 0 aliphatic heterocycles. The highest BCUT2D eigenvalue weighted by atomic mass is 35.5. The Hall–Kier alpha value is -3.20. The largest absolute Gasteiger partial charge is 0.457 e. The van der Waals surface area contributed by atoms with Gasteiger partial charge in [0.15, 0.2) is 0 Å². The van der Waals surface area contributed by atoms with Gasteiger partial charge in [-0.05, 0) is 41.5 Å². The molecular weight excluding hydrogens is 440 g/mol. The van der Waals surface area contributed by atoms with E-state index < -0.39 is 21.9 Å². The first kappa shape index (κ1) is 22.5. The molecule has 160 valence electrons. The molecule has 0 atom stereocenters. The summed E-state index contributed by atoms with van der Waals surface area (Å²) in [5.41, 5.74) is 6.99. The van der Waals surface area contributed by atoms with Crippen molar-refractivity contribution >= 4 is 33.5 Å². The van der Waals surface area contributed by atoms with E-state index in [1.807, 2.05) is 6.07 Å². The summed E-state index contributed by atoms with van der Waals surface area (Å²) in [5, 5.41) is -0.0147. The van der Waals surface area contributed by atoms with Crippen LogP contribution in [0.4, 0.5) is 0 Å². The lowest BCUT2D eigenvalue weighted by Crippen LogP contribution is -2.24. The summed E-state index contributed by atoms with van der Waals surface area (Å²) in [7, 11) is -3.96. The zero-order chi connectivity index (χ0) is 22.4. The molecule has 0 unspecified atom stereocenters. The van der Waals surface area contributed by atoms with Crippen molar-refractivity contribution in [2.45, 2.75) is 18.0 Å². The number of ether oxygens (including phenoxy) is 1. The van der Waals surface area contributed by atoms with Crippen LogP contribution in [-0.2, 0) is 27.9 Å². The predicted molar refractivity (Wildman–Crippen MR) is 116 cm³/mol. The topological polar surface area (TPSA) is 116 Å². The predicted octanol–water partition coefficient (Wildman–Crippen LogP) is 3.27. The van der Waals surface area contributed by atoms with Crippen molar-refractivity contribution in [3.63, 3.8) is 0 Å². The number of halogens is 1. The number of nitrogens with two attached hydrogens (primary N) is 1. The van der Waals surface area contributed by atoms with E-state index in [2.05, 4.69) is 4.72 Å². The summed E-state index contributed by atoms with van der Waals surface area (Å²) >= 11 is 6.07. The molecule has 3 aromatic rings. The number of carbonyl (C=O) groups is 2. The Morgan fingerprint density at radius 2 is 1.55 bits per heavy atom. The number of sulfonamides is 1. The molecule has 0 aromatic heterocycles. The second-order valence-corrected chi connectivity index (χ2v) is 8.74. The molecule has 3 N–H and O–H groups in total. The van der Waals surface area contributed by atoms with E-state index in [9.17, 15) is 18.0 Å². The summed E-state index contributed by atoms with van der Waals surface area (Å²) < 4.78 is 33.1. The maximum absolute atomic E-state index is 12.7. The fourth-order valence-electron chi connectivity index (χ4n) is 2.69. The van der Waals surface area contributed by atoms with Gasteiger partial charge in [-0.25, -0.2) is 17.9 Å². The Morgan fingerprint density at radius 1 is 0.903 bits per heavy atom. The Balaban J connectivity index is 1.70. The third kappa shape index (κ3) is 5.91. The molecule has 9 heteroatoms. The maximum Gasteiger partial charge on any atom is 0.338 e. The van der Waals surface area contributed by atoms with Gasteiger partial charge in [-0.1, -0.05) is 54.1 Å². The Labute approximate surface area is 184 Å². The zero-order valence-electron chi connectivity index (χ0n) is 16.2. The number of esters is 1. The quantitative estimate of drug-likeness (QED) is 0.502. The average molecular weight is 459 g/mol. The number of hydrogen-bond donors (Lipinski definition) is 2. The first-order valence-corrected chi connectivity index (χ1v) is 11.0. The normalized spacial score (nSPS) is 11.1. The molecule has 0 heterocycles. The molecule has 3 rings (SSSR count). The first-order chi connectivity index (χ1) is 14.8. The van der Waals surface area contributed by atoms with Crippen LogP contribution in [0.15, 0.2) is 77.7 Å². The van der Waals surface area contributed by atoms with Crippen LogP contribution in [0.1, 0.15) is 31.8 Å². The maximum atomic E-state index is 12.7. The Kier molecular flexibility index (Phi) is 7.06. The van der Waals surface area contributed by atoms with Crippen molar-refractivity contribution in [2.75, 3.05) is 0 Å². The number of hydrogen-bond acceptors (Lipinski definition) is 5. The van der Waals surface area contributed by atoms with Crippen LogP contribution in [0.3, 0.4) is 0 Å². The van der Waals surface area contributed by atoms with Crippen molar-refractivity contribution in [1.29, 1.82) is 0 Å². The summed E-state index contributed by atoms with van der Waals surface area (Å²) in [6.07, 6.45) is 0. The molecule has 31 heavy (non-hydrogen) atoms. The molecule has 0 aliphatic rings. The monoisotopic (exact) mass is 458 g/mol. The summed E-state index contributed by atoms with van der Waals surface area (Å²) in [6, 6.07) is 19.2. The summed E-state index contributed by atoms with van der Waals surface area (Å²) in [4.78, 5) is 23.3. The first-order valence-electron chi connectivity index (χ1n) is 9.15. The van der Waals surface area contributed by atoms with Gasteiger partial charge in [0.25, 0.3) is 0 Å². The average Bonchev–Trinajstić information content (AvgIpc) is 2.77. The van der Waals surface area contributed by atoms with E-state index in [-0.39, 0.29) is 28.6 Å². The molecule has 0 saturated carbocycles. The number of rotatable bonds is 8. The highest BCUT2D eigenvalue weighted by Crippen LogP contribution is 2.23. The number of primary amides is 1. The summed E-state index contributed by atoms with van der Waals surface area (Å²) in [6.45, 7) is 0.0182. The van der Waals surface area contributed by atoms with Gasteiger partial charge in [0, 0.05) is 12.1 Å². The van der Waals surface area contributed by atoms with Crippen LogP contribution in [0.2, 0.25) is 5.02 Å². The third-order valence-electron chi connectivity index (χ3n) is 4.37. The van der Waals surface area contributed by atoms with Crippen molar-refractivity contribution in [3.05, 3.63) is 100 Å².